The molecule has 1 aliphatic heterocycles. The first-order valence-corrected chi connectivity index (χ1v) is 6.83. The summed E-state index contributed by atoms with van der Waals surface area (Å²) in [4.78, 5) is 23.2. The molecule has 1 saturated heterocycles. The predicted molar refractivity (Wildman–Crippen MR) is 71.4 cm³/mol. The molecule has 1 N–H and O–H groups in total. The van der Waals surface area contributed by atoms with Crippen LogP contribution in [0.25, 0.3) is 0 Å². The molecule has 1 heterocycles. The maximum atomic E-state index is 12.0. The van der Waals surface area contributed by atoms with Crippen molar-refractivity contribution < 1.29 is 19.4 Å². The molecule has 1 aromatic rings. The Morgan fingerprint density at radius 1 is 1.47 bits per heavy atom. The Hall–Kier alpha value is -1.53. The number of hydrogen-bond donors (Lipinski definition) is 1. The van der Waals surface area contributed by atoms with Crippen LogP contribution in [0, 0.1) is 0 Å². The third-order valence-corrected chi connectivity index (χ3v) is 4.17. The molecule has 0 radical (unpaired) electrons. The van der Waals surface area contributed by atoms with Gasteiger partial charge in [0.2, 0.25) is 0 Å². The number of hydrogen-bond acceptors (Lipinski definition) is 4. The van der Waals surface area contributed by atoms with Crippen molar-refractivity contribution in [2.24, 2.45) is 0 Å². The number of benzene rings is 1. The largest absolute Gasteiger partial charge is 0.480 e. The number of nitrogens with zero attached hydrogens (tertiary/aromatic N) is 1. The van der Waals surface area contributed by atoms with Gasteiger partial charge in [-0.25, -0.2) is 4.79 Å². The number of aliphatic carboxylic acids is 1. The van der Waals surface area contributed by atoms with Crippen LogP contribution in [-0.2, 0) is 20.1 Å². The van der Waals surface area contributed by atoms with Gasteiger partial charge in [-0.05, 0) is 17.5 Å². The van der Waals surface area contributed by atoms with Crippen molar-refractivity contribution in [1.82, 2.24) is 4.31 Å². The van der Waals surface area contributed by atoms with Crippen molar-refractivity contribution in [3.05, 3.63) is 35.9 Å². The lowest BCUT2D eigenvalue weighted by atomic mass is 10.2. The molecule has 2 unspecified atom stereocenters. The summed E-state index contributed by atoms with van der Waals surface area (Å²) in [5.74, 6) is -0.698. The van der Waals surface area contributed by atoms with Gasteiger partial charge in [0.1, 0.15) is 12.1 Å². The molecule has 5 nitrogen and oxygen atoms in total. The van der Waals surface area contributed by atoms with Crippen LogP contribution in [0.3, 0.4) is 0 Å². The Morgan fingerprint density at radius 3 is 2.74 bits per heavy atom. The second-order valence-corrected chi connectivity index (χ2v) is 5.18. The highest BCUT2D eigenvalue weighted by Gasteiger charge is 2.44. The third-order valence-electron chi connectivity index (χ3n) is 3.00. The highest BCUT2D eigenvalue weighted by atomic mass is 32.2. The minimum atomic E-state index is -0.992. The molecule has 2 atom stereocenters. The molecule has 0 spiro atoms. The second kappa shape index (κ2) is 6.08. The van der Waals surface area contributed by atoms with Crippen molar-refractivity contribution in [3.8, 4) is 0 Å². The minimum Gasteiger partial charge on any atom is -0.480 e. The van der Waals surface area contributed by atoms with E-state index in [1.54, 1.807) is 0 Å². The van der Waals surface area contributed by atoms with Crippen molar-refractivity contribution in [3.63, 3.8) is 0 Å². The summed E-state index contributed by atoms with van der Waals surface area (Å²) in [6.07, 6.45) is -0.448. The van der Waals surface area contributed by atoms with Crippen LogP contribution >= 0.6 is 11.9 Å². The summed E-state index contributed by atoms with van der Waals surface area (Å²) in [6.45, 7) is 0. The van der Waals surface area contributed by atoms with Gasteiger partial charge in [-0.2, -0.15) is 0 Å². The molecule has 0 saturated carbocycles. The van der Waals surface area contributed by atoms with Gasteiger partial charge in [-0.1, -0.05) is 30.3 Å². The number of carboxylic acids is 1. The maximum absolute atomic E-state index is 12.0. The summed E-state index contributed by atoms with van der Waals surface area (Å²) >= 11 is 1.22. The summed E-state index contributed by atoms with van der Waals surface area (Å²) in [7, 11) is 1.42. The zero-order chi connectivity index (χ0) is 13.8. The average molecular weight is 281 g/mol. The Kier molecular flexibility index (Phi) is 4.44. The SMILES string of the molecule is COC1CC(C(=O)O)N(SCc2ccccc2)C1=O. The van der Waals surface area contributed by atoms with Gasteiger partial charge in [-0.15, -0.1) is 0 Å². The quantitative estimate of drug-likeness (QED) is 0.829. The Labute approximate surface area is 115 Å². The first-order chi connectivity index (χ1) is 9.13. The van der Waals surface area contributed by atoms with Crippen LogP contribution in [0.2, 0.25) is 0 Å². The Balaban J connectivity index is 2.04. The third kappa shape index (κ3) is 3.08. The molecular weight excluding hydrogens is 266 g/mol. The molecule has 102 valence electrons. The van der Waals surface area contributed by atoms with E-state index in [0.29, 0.717) is 5.75 Å². The first-order valence-electron chi connectivity index (χ1n) is 5.89. The van der Waals surface area contributed by atoms with Crippen LogP contribution in [0.4, 0.5) is 0 Å². The zero-order valence-corrected chi connectivity index (χ0v) is 11.3. The lowest BCUT2D eigenvalue weighted by Gasteiger charge is -2.19. The van der Waals surface area contributed by atoms with Crippen molar-refractivity contribution in [2.75, 3.05) is 7.11 Å². The molecular formula is C13H15NO4S. The van der Waals surface area contributed by atoms with E-state index in [9.17, 15) is 9.59 Å². The average Bonchev–Trinajstić information content (AvgIpc) is 2.74. The smallest absolute Gasteiger partial charge is 0.327 e. The minimum absolute atomic E-state index is 0.201. The molecule has 19 heavy (non-hydrogen) atoms. The fourth-order valence-electron chi connectivity index (χ4n) is 1.96. The summed E-state index contributed by atoms with van der Waals surface area (Å²) < 4.78 is 6.34. The van der Waals surface area contributed by atoms with E-state index in [1.807, 2.05) is 30.3 Å². The van der Waals surface area contributed by atoms with E-state index in [-0.39, 0.29) is 12.3 Å². The van der Waals surface area contributed by atoms with Gasteiger partial charge in [0.05, 0.1) is 0 Å². The second-order valence-electron chi connectivity index (χ2n) is 4.24. The predicted octanol–water partition coefficient (Wildman–Crippen LogP) is 1.54. The van der Waals surface area contributed by atoms with Crippen LogP contribution in [0.5, 0.6) is 0 Å². The molecule has 6 heteroatoms. The normalized spacial score (nSPS) is 22.8. The zero-order valence-electron chi connectivity index (χ0n) is 10.5. The Morgan fingerprint density at radius 2 is 2.16 bits per heavy atom. The summed E-state index contributed by atoms with van der Waals surface area (Å²) in [5, 5.41) is 9.15. The number of ether oxygens (including phenoxy) is 1. The number of amides is 1. The van der Waals surface area contributed by atoms with Gasteiger partial charge < -0.3 is 9.84 Å². The van der Waals surface area contributed by atoms with Crippen molar-refractivity contribution in [2.45, 2.75) is 24.3 Å². The van der Waals surface area contributed by atoms with Gasteiger partial charge in [0, 0.05) is 19.3 Å². The number of methoxy groups -OCH3 is 1. The fraction of sp³-hybridized carbons (Fsp3) is 0.385. The number of carbonyl (C=O) groups is 2. The molecule has 1 aliphatic rings. The van der Waals surface area contributed by atoms with E-state index in [4.69, 9.17) is 9.84 Å². The number of carboxylic acid groups (broad SMARTS) is 1. The van der Waals surface area contributed by atoms with Crippen LogP contribution in [0.15, 0.2) is 30.3 Å². The molecule has 1 fully saturated rings. The number of carbonyl (C=O) groups excluding carboxylic acids is 1. The highest BCUT2D eigenvalue weighted by molar-refractivity contribution is 7.96. The number of rotatable bonds is 5. The van der Waals surface area contributed by atoms with Crippen LogP contribution in [-0.4, -0.2) is 40.5 Å². The van der Waals surface area contributed by atoms with Gasteiger partial charge in [0.25, 0.3) is 5.91 Å². The summed E-state index contributed by atoms with van der Waals surface area (Å²) in [6, 6.07) is 8.80. The Bertz CT molecular complexity index is 465. The van der Waals surface area contributed by atoms with E-state index in [2.05, 4.69) is 0 Å². The van der Waals surface area contributed by atoms with Crippen LogP contribution in [0.1, 0.15) is 12.0 Å². The molecule has 0 aliphatic carbocycles. The summed E-state index contributed by atoms with van der Waals surface area (Å²) in [5.41, 5.74) is 1.05. The van der Waals surface area contributed by atoms with Gasteiger partial charge >= 0.3 is 5.97 Å². The van der Waals surface area contributed by atoms with E-state index in [0.717, 1.165) is 5.56 Å². The first kappa shape index (κ1) is 13.9. The highest BCUT2D eigenvalue weighted by Crippen LogP contribution is 2.30. The molecule has 0 aromatic heterocycles. The molecule has 2 rings (SSSR count). The lowest BCUT2D eigenvalue weighted by Crippen LogP contribution is -2.34. The molecule has 1 amide bonds. The van der Waals surface area contributed by atoms with Crippen molar-refractivity contribution >= 4 is 23.8 Å². The molecule has 0 bridgehead atoms. The van der Waals surface area contributed by atoms with E-state index >= 15 is 0 Å². The van der Waals surface area contributed by atoms with Crippen LogP contribution < -0.4 is 0 Å². The topological polar surface area (TPSA) is 66.8 Å². The van der Waals surface area contributed by atoms with E-state index < -0.39 is 18.1 Å². The standard InChI is InChI=1S/C13H15NO4S/c1-18-11-7-10(13(16)17)14(12(11)15)19-8-9-5-3-2-4-6-9/h2-6,10-11H,7-8H2,1H3,(H,16,17). The maximum Gasteiger partial charge on any atom is 0.327 e. The lowest BCUT2D eigenvalue weighted by molar-refractivity contribution is -0.143. The fourth-order valence-corrected chi connectivity index (χ4v) is 3.05. The van der Waals surface area contributed by atoms with E-state index in [1.165, 1.54) is 23.4 Å². The van der Waals surface area contributed by atoms with Gasteiger partial charge in [0.15, 0.2) is 0 Å². The van der Waals surface area contributed by atoms with Crippen molar-refractivity contribution in [1.29, 1.82) is 0 Å². The monoisotopic (exact) mass is 281 g/mol. The molecule has 1 aromatic carbocycles. The van der Waals surface area contributed by atoms with Gasteiger partial charge in [-0.3, -0.25) is 9.10 Å².